The third-order valence-electron chi connectivity index (χ3n) is 2.01. The summed E-state index contributed by atoms with van der Waals surface area (Å²) in [4.78, 5) is 0. The zero-order valence-corrected chi connectivity index (χ0v) is 7.92. The molecule has 0 aliphatic heterocycles. The maximum atomic E-state index is 5.52. The van der Waals surface area contributed by atoms with Gasteiger partial charge in [0, 0.05) is 10.9 Å². The van der Waals surface area contributed by atoms with Crippen LogP contribution >= 0.6 is 0 Å². The van der Waals surface area contributed by atoms with Gasteiger partial charge in [0.25, 0.3) is 0 Å². The fraction of sp³-hybridized carbons (Fsp3) is 0. The van der Waals surface area contributed by atoms with Gasteiger partial charge in [-0.3, -0.25) is 0 Å². The minimum atomic E-state index is 0.602. The molecule has 2 aromatic rings. The molecule has 0 aliphatic rings. The van der Waals surface area contributed by atoms with Gasteiger partial charge in [-0.1, -0.05) is 12.1 Å². The lowest BCUT2D eigenvalue weighted by molar-refractivity contribution is 0.607. The smallest absolute Gasteiger partial charge is 0.148 e. The molecular formula is C10H10N4O. The van der Waals surface area contributed by atoms with Crippen LogP contribution in [0.2, 0.25) is 0 Å². The highest BCUT2D eigenvalue weighted by molar-refractivity contribution is 5.98. The summed E-state index contributed by atoms with van der Waals surface area (Å²) in [5.74, 6) is 10.7. The van der Waals surface area contributed by atoms with E-state index in [1.807, 2.05) is 24.3 Å². The summed E-state index contributed by atoms with van der Waals surface area (Å²) in [5.41, 5.74) is 1.55. The van der Waals surface area contributed by atoms with Gasteiger partial charge in [0.05, 0.1) is 12.4 Å². The van der Waals surface area contributed by atoms with Crippen molar-refractivity contribution in [1.29, 1.82) is 0 Å². The van der Waals surface area contributed by atoms with E-state index in [0.717, 1.165) is 16.5 Å². The summed E-state index contributed by atoms with van der Waals surface area (Å²) in [7, 11) is 0. The van der Waals surface area contributed by atoms with Crippen LogP contribution in [0.4, 0.5) is 0 Å². The monoisotopic (exact) mass is 202 g/mol. The van der Waals surface area contributed by atoms with Crippen LogP contribution in [-0.4, -0.2) is 12.4 Å². The summed E-state index contributed by atoms with van der Waals surface area (Å²) < 4.78 is 5.52. The van der Waals surface area contributed by atoms with Crippen molar-refractivity contribution in [2.45, 2.75) is 0 Å². The van der Waals surface area contributed by atoms with Crippen LogP contribution in [0, 0.1) is 0 Å². The first-order chi connectivity index (χ1) is 7.35. The van der Waals surface area contributed by atoms with E-state index in [1.54, 1.807) is 0 Å². The highest BCUT2D eigenvalue weighted by Crippen LogP contribution is 2.21. The maximum absolute atomic E-state index is 5.52. The Labute approximate surface area is 86.0 Å². The molecule has 0 fully saturated rings. The Morgan fingerprint density at radius 1 is 1.13 bits per heavy atom. The third-order valence-corrected chi connectivity index (χ3v) is 2.01. The SMILES string of the molecule is N/N=C\c1cccc2cc(/C=N/N)oc12. The predicted molar refractivity (Wildman–Crippen MR) is 59.8 cm³/mol. The molecule has 0 atom stereocenters. The van der Waals surface area contributed by atoms with Gasteiger partial charge in [0.2, 0.25) is 0 Å². The van der Waals surface area contributed by atoms with Crippen LogP contribution in [-0.2, 0) is 0 Å². The largest absolute Gasteiger partial charge is 0.454 e. The van der Waals surface area contributed by atoms with E-state index in [-0.39, 0.29) is 0 Å². The first-order valence-electron chi connectivity index (χ1n) is 4.34. The van der Waals surface area contributed by atoms with Gasteiger partial charge in [-0.25, -0.2) is 0 Å². The minimum absolute atomic E-state index is 0.602. The predicted octanol–water partition coefficient (Wildman–Crippen LogP) is 1.02. The summed E-state index contributed by atoms with van der Waals surface area (Å²) in [6.45, 7) is 0. The number of rotatable bonds is 2. The van der Waals surface area contributed by atoms with Crippen molar-refractivity contribution in [3.05, 3.63) is 35.6 Å². The third kappa shape index (κ3) is 1.67. The molecule has 0 bridgehead atoms. The van der Waals surface area contributed by atoms with Crippen molar-refractivity contribution in [3.8, 4) is 0 Å². The average molecular weight is 202 g/mol. The summed E-state index contributed by atoms with van der Waals surface area (Å²) in [6, 6.07) is 7.55. The van der Waals surface area contributed by atoms with Crippen molar-refractivity contribution < 1.29 is 4.42 Å². The second kappa shape index (κ2) is 3.83. The van der Waals surface area contributed by atoms with Crippen LogP contribution in [0.3, 0.4) is 0 Å². The van der Waals surface area contributed by atoms with Crippen LogP contribution in [0.25, 0.3) is 11.0 Å². The zero-order chi connectivity index (χ0) is 10.7. The van der Waals surface area contributed by atoms with Gasteiger partial charge in [-0.15, -0.1) is 0 Å². The second-order valence-corrected chi connectivity index (χ2v) is 2.97. The van der Waals surface area contributed by atoms with Gasteiger partial charge >= 0.3 is 0 Å². The van der Waals surface area contributed by atoms with E-state index < -0.39 is 0 Å². The fourth-order valence-corrected chi connectivity index (χ4v) is 1.42. The molecule has 0 spiro atoms. The Bertz CT molecular complexity index is 527. The fourth-order valence-electron chi connectivity index (χ4n) is 1.42. The van der Waals surface area contributed by atoms with Crippen LogP contribution in [0.15, 0.2) is 38.9 Å². The standard InChI is InChI=1S/C10H10N4O/c11-13-5-8-3-1-2-7-4-9(6-14-12)15-10(7)8/h1-6H,11-12H2/b13-5-,14-6+. The van der Waals surface area contributed by atoms with Crippen LogP contribution in [0.5, 0.6) is 0 Å². The first-order valence-corrected chi connectivity index (χ1v) is 4.34. The molecule has 76 valence electrons. The normalized spacial score (nSPS) is 12.0. The molecule has 2 rings (SSSR count). The molecule has 0 radical (unpaired) electrons. The van der Waals surface area contributed by atoms with Crippen molar-refractivity contribution >= 4 is 23.4 Å². The van der Waals surface area contributed by atoms with Crippen molar-refractivity contribution in [3.63, 3.8) is 0 Å². The lowest BCUT2D eigenvalue weighted by Gasteiger charge is -1.92. The molecule has 0 aliphatic carbocycles. The van der Waals surface area contributed by atoms with E-state index in [0.29, 0.717) is 5.76 Å². The number of fused-ring (bicyclic) bond motifs is 1. The Morgan fingerprint density at radius 3 is 2.67 bits per heavy atom. The molecule has 0 saturated heterocycles. The molecule has 1 aromatic heterocycles. The lowest BCUT2D eigenvalue weighted by atomic mass is 10.2. The van der Waals surface area contributed by atoms with Gasteiger partial charge in [0.1, 0.15) is 11.3 Å². The molecule has 1 heterocycles. The molecule has 0 unspecified atom stereocenters. The molecule has 4 N–H and O–H groups in total. The van der Waals surface area contributed by atoms with Crippen molar-refractivity contribution in [2.24, 2.45) is 21.9 Å². The van der Waals surface area contributed by atoms with Crippen molar-refractivity contribution in [2.75, 3.05) is 0 Å². The number of hydrazone groups is 2. The minimum Gasteiger partial charge on any atom is -0.454 e. The van der Waals surface area contributed by atoms with E-state index in [1.165, 1.54) is 12.4 Å². The molecule has 1 aromatic carbocycles. The molecule has 5 nitrogen and oxygen atoms in total. The van der Waals surface area contributed by atoms with Gasteiger partial charge in [-0.05, 0) is 12.1 Å². The average Bonchev–Trinajstić information content (AvgIpc) is 2.62. The Balaban J connectivity index is 2.64. The van der Waals surface area contributed by atoms with E-state index in [2.05, 4.69) is 10.2 Å². The highest BCUT2D eigenvalue weighted by Gasteiger charge is 2.05. The van der Waals surface area contributed by atoms with Crippen molar-refractivity contribution in [1.82, 2.24) is 0 Å². The summed E-state index contributed by atoms with van der Waals surface area (Å²) in [5, 5.41) is 7.83. The van der Waals surface area contributed by atoms with E-state index >= 15 is 0 Å². The van der Waals surface area contributed by atoms with Crippen LogP contribution in [0.1, 0.15) is 11.3 Å². The quantitative estimate of drug-likeness (QED) is 0.432. The second-order valence-electron chi connectivity index (χ2n) is 2.97. The number of hydrogen-bond acceptors (Lipinski definition) is 5. The first kappa shape index (κ1) is 9.26. The molecule has 5 heteroatoms. The Kier molecular flexibility index (Phi) is 2.37. The molecular weight excluding hydrogens is 192 g/mol. The number of benzene rings is 1. The molecule has 0 saturated carbocycles. The summed E-state index contributed by atoms with van der Waals surface area (Å²) in [6.07, 6.45) is 2.98. The maximum Gasteiger partial charge on any atom is 0.148 e. The number of para-hydroxylation sites is 1. The van der Waals surface area contributed by atoms with Gasteiger partial charge in [0.15, 0.2) is 0 Å². The number of furan rings is 1. The Morgan fingerprint density at radius 2 is 1.93 bits per heavy atom. The van der Waals surface area contributed by atoms with E-state index in [9.17, 15) is 0 Å². The van der Waals surface area contributed by atoms with E-state index in [4.69, 9.17) is 16.1 Å². The molecule has 0 amide bonds. The number of hydrogen-bond donors (Lipinski definition) is 2. The van der Waals surface area contributed by atoms with Gasteiger partial charge in [-0.2, -0.15) is 10.2 Å². The highest BCUT2D eigenvalue weighted by atomic mass is 16.3. The Hall–Kier alpha value is -2.30. The van der Waals surface area contributed by atoms with Gasteiger partial charge < -0.3 is 16.1 Å². The zero-order valence-electron chi connectivity index (χ0n) is 7.92. The lowest BCUT2D eigenvalue weighted by Crippen LogP contribution is -1.86. The topological polar surface area (TPSA) is 89.9 Å². The number of nitrogens with two attached hydrogens (primary N) is 2. The van der Waals surface area contributed by atoms with Crippen LogP contribution < -0.4 is 11.7 Å². The summed E-state index contributed by atoms with van der Waals surface area (Å²) >= 11 is 0. The number of nitrogens with zero attached hydrogens (tertiary/aromatic N) is 2. The molecule has 15 heavy (non-hydrogen) atoms.